The highest BCUT2D eigenvalue weighted by Crippen LogP contribution is 2.19. The Hall–Kier alpha value is -2.47. The zero-order valence-electron chi connectivity index (χ0n) is 12.1. The lowest BCUT2D eigenvalue weighted by Crippen LogP contribution is -2.13. The van der Waals surface area contributed by atoms with Crippen molar-refractivity contribution in [3.63, 3.8) is 0 Å². The van der Waals surface area contributed by atoms with Gasteiger partial charge in [-0.25, -0.2) is 14.8 Å². The van der Waals surface area contributed by atoms with E-state index in [1.165, 1.54) is 0 Å². The van der Waals surface area contributed by atoms with Crippen molar-refractivity contribution in [1.82, 2.24) is 9.97 Å². The van der Waals surface area contributed by atoms with Gasteiger partial charge in [0.1, 0.15) is 0 Å². The summed E-state index contributed by atoms with van der Waals surface area (Å²) in [5.74, 6) is -0.0139. The van der Waals surface area contributed by atoms with E-state index in [1.54, 1.807) is 18.3 Å². The lowest BCUT2D eigenvalue weighted by molar-refractivity contribution is 0.0521. The Morgan fingerprint density at radius 1 is 1.18 bits per heavy atom. The molecule has 3 aromatic rings. The molecule has 0 spiro atoms. The van der Waals surface area contributed by atoms with E-state index in [4.69, 9.17) is 4.74 Å². The van der Waals surface area contributed by atoms with Crippen molar-refractivity contribution in [2.45, 2.75) is 13.5 Å². The molecule has 1 aromatic carbocycles. The summed E-state index contributed by atoms with van der Waals surface area (Å²) in [6.07, 6.45) is 0. The standard InChI is InChI=1S/C16H15N3O2S/c1-2-21-16(20)14-15(17-10-11-6-5-9-22-11)19-13-8-4-3-7-12(13)18-14/h3-9H,2,10H2,1H3,(H,17,19). The zero-order valence-corrected chi connectivity index (χ0v) is 12.9. The van der Waals surface area contributed by atoms with Gasteiger partial charge in [0.2, 0.25) is 0 Å². The molecular formula is C16H15N3O2S. The summed E-state index contributed by atoms with van der Waals surface area (Å²) in [5.41, 5.74) is 1.63. The van der Waals surface area contributed by atoms with Gasteiger partial charge in [-0.1, -0.05) is 18.2 Å². The number of anilines is 1. The van der Waals surface area contributed by atoms with Crippen LogP contribution in [0, 0.1) is 0 Å². The van der Waals surface area contributed by atoms with Gasteiger partial charge in [0.05, 0.1) is 24.2 Å². The van der Waals surface area contributed by atoms with Crippen LogP contribution in [0.1, 0.15) is 22.3 Å². The molecule has 0 amide bonds. The number of aromatic nitrogens is 2. The number of para-hydroxylation sites is 2. The fourth-order valence-electron chi connectivity index (χ4n) is 2.05. The van der Waals surface area contributed by atoms with Crippen molar-refractivity contribution in [1.29, 1.82) is 0 Å². The lowest BCUT2D eigenvalue weighted by Gasteiger charge is -2.10. The molecular weight excluding hydrogens is 298 g/mol. The van der Waals surface area contributed by atoms with Crippen molar-refractivity contribution in [2.75, 3.05) is 11.9 Å². The SMILES string of the molecule is CCOC(=O)c1nc2ccccc2nc1NCc1cccs1. The first kappa shape index (κ1) is 14.5. The Labute approximate surface area is 132 Å². The van der Waals surface area contributed by atoms with E-state index in [1.807, 2.05) is 41.8 Å². The molecule has 0 atom stereocenters. The number of hydrogen-bond acceptors (Lipinski definition) is 6. The number of rotatable bonds is 5. The van der Waals surface area contributed by atoms with Gasteiger partial charge in [-0.05, 0) is 30.5 Å². The summed E-state index contributed by atoms with van der Waals surface area (Å²) in [7, 11) is 0. The summed E-state index contributed by atoms with van der Waals surface area (Å²) in [4.78, 5) is 22.2. The molecule has 0 aliphatic carbocycles. The molecule has 22 heavy (non-hydrogen) atoms. The maximum absolute atomic E-state index is 12.1. The van der Waals surface area contributed by atoms with Crippen LogP contribution in [0.3, 0.4) is 0 Å². The number of carbonyl (C=O) groups is 1. The molecule has 0 saturated carbocycles. The predicted molar refractivity (Wildman–Crippen MR) is 87.1 cm³/mol. The summed E-state index contributed by atoms with van der Waals surface area (Å²) in [5, 5.41) is 5.19. The minimum absolute atomic E-state index is 0.220. The summed E-state index contributed by atoms with van der Waals surface area (Å²) < 4.78 is 5.08. The van der Waals surface area contributed by atoms with Gasteiger partial charge in [-0.15, -0.1) is 11.3 Å². The van der Waals surface area contributed by atoms with Gasteiger partial charge in [-0.2, -0.15) is 0 Å². The van der Waals surface area contributed by atoms with E-state index >= 15 is 0 Å². The van der Waals surface area contributed by atoms with Crippen LogP contribution in [0.5, 0.6) is 0 Å². The Bertz CT molecular complexity index is 787. The minimum Gasteiger partial charge on any atom is -0.461 e. The van der Waals surface area contributed by atoms with Crippen LogP contribution in [-0.4, -0.2) is 22.5 Å². The molecule has 1 N–H and O–H groups in total. The number of thiophene rings is 1. The van der Waals surface area contributed by atoms with Crippen molar-refractivity contribution in [2.24, 2.45) is 0 Å². The van der Waals surface area contributed by atoms with Crippen molar-refractivity contribution >= 4 is 34.2 Å². The third-order valence-corrected chi connectivity index (χ3v) is 3.93. The number of hydrogen-bond donors (Lipinski definition) is 1. The normalized spacial score (nSPS) is 10.6. The second-order valence-electron chi connectivity index (χ2n) is 4.56. The van der Waals surface area contributed by atoms with Crippen molar-refractivity contribution in [3.8, 4) is 0 Å². The number of ether oxygens (including phenoxy) is 1. The molecule has 3 rings (SSSR count). The van der Waals surface area contributed by atoms with Crippen LogP contribution < -0.4 is 5.32 Å². The first-order valence-corrected chi connectivity index (χ1v) is 7.86. The van der Waals surface area contributed by atoms with Gasteiger partial charge in [0.25, 0.3) is 0 Å². The van der Waals surface area contributed by atoms with E-state index in [2.05, 4.69) is 15.3 Å². The molecule has 0 saturated heterocycles. The number of nitrogens with zero attached hydrogens (tertiary/aromatic N) is 2. The average molecular weight is 313 g/mol. The second-order valence-corrected chi connectivity index (χ2v) is 5.60. The highest BCUT2D eigenvalue weighted by atomic mass is 32.1. The summed E-state index contributed by atoms with van der Waals surface area (Å²) >= 11 is 1.64. The maximum Gasteiger partial charge on any atom is 0.360 e. The van der Waals surface area contributed by atoms with Crippen LogP contribution in [0.4, 0.5) is 5.82 Å². The van der Waals surface area contributed by atoms with Crippen LogP contribution in [0.15, 0.2) is 41.8 Å². The van der Waals surface area contributed by atoms with E-state index in [0.29, 0.717) is 24.5 Å². The first-order valence-electron chi connectivity index (χ1n) is 6.98. The van der Waals surface area contributed by atoms with Crippen molar-refractivity contribution < 1.29 is 9.53 Å². The van der Waals surface area contributed by atoms with Crippen LogP contribution in [-0.2, 0) is 11.3 Å². The van der Waals surface area contributed by atoms with Crippen molar-refractivity contribution in [3.05, 3.63) is 52.3 Å². The van der Waals surface area contributed by atoms with E-state index in [0.717, 1.165) is 10.4 Å². The molecule has 2 aromatic heterocycles. The molecule has 0 unspecified atom stereocenters. The summed E-state index contributed by atoms with van der Waals surface area (Å²) in [6, 6.07) is 11.5. The Kier molecular flexibility index (Phi) is 4.29. The molecule has 0 bridgehead atoms. The Morgan fingerprint density at radius 3 is 2.64 bits per heavy atom. The molecule has 2 heterocycles. The average Bonchev–Trinajstić information content (AvgIpc) is 3.05. The predicted octanol–water partition coefficient (Wildman–Crippen LogP) is 3.48. The fourth-order valence-corrected chi connectivity index (χ4v) is 2.69. The third kappa shape index (κ3) is 3.07. The highest BCUT2D eigenvalue weighted by Gasteiger charge is 2.17. The second kappa shape index (κ2) is 6.53. The molecule has 0 radical (unpaired) electrons. The Morgan fingerprint density at radius 2 is 1.95 bits per heavy atom. The fraction of sp³-hybridized carbons (Fsp3) is 0.188. The van der Waals surface area contributed by atoms with Crippen LogP contribution in [0.25, 0.3) is 11.0 Å². The highest BCUT2D eigenvalue weighted by molar-refractivity contribution is 7.09. The quantitative estimate of drug-likeness (QED) is 0.731. The summed E-state index contributed by atoms with van der Waals surface area (Å²) in [6.45, 7) is 2.67. The maximum atomic E-state index is 12.1. The molecule has 6 heteroatoms. The number of nitrogens with one attached hydrogen (secondary N) is 1. The van der Waals surface area contributed by atoms with Crippen LogP contribution >= 0.6 is 11.3 Å². The smallest absolute Gasteiger partial charge is 0.360 e. The van der Waals surface area contributed by atoms with E-state index in [-0.39, 0.29) is 5.69 Å². The number of carbonyl (C=O) groups excluding carboxylic acids is 1. The van der Waals surface area contributed by atoms with Gasteiger partial charge in [0.15, 0.2) is 11.5 Å². The molecule has 0 aliphatic heterocycles. The molecule has 0 fully saturated rings. The number of fused-ring (bicyclic) bond motifs is 1. The minimum atomic E-state index is -0.463. The number of esters is 1. The molecule has 5 nitrogen and oxygen atoms in total. The monoisotopic (exact) mass is 313 g/mol. The van der Waals surface area contributed by atoms with Crippen LogP contribution in [0.2, 0.25) is 0 Å². The first-order chi connectivity index (χ1) is 10.8. The van der Waals surface area contributed by atoms with E-state index < -0.39 is 5.97 Å². The number of benzene rings is 1. The lowest BCUT2D eigenvalue weighted by atomic mass is 10.3. The van der Waals surface area contributed by atoms with E-state index in [9.17, 15) is 4.79 Å². The molecule has 112 valence electrons. The zero-order chi connectivity index (χ0) is 15.4. The van der Waals surface area contributed by atoms with Gasteiger partial charge in [0, 0.05) is 4.88 Å². The van der Waals surface area contributed by atoms with Gasteiger partial charge >= 0.3 is 5.97 Å². The Balaban J connectivity index is 1.97. The largest absolute Gasteiger partial charge is 0.461 e. The third-order valence-electron chi connectivity index (χ3n) is 3.05. The van der Waals surface area contributed by atoms with Gasteiger partial charge < -0.3 is 10.1 Å². The molecule has 0 aliphatic rings. The topological polar surface area (TPSA) is 64.1 Å². The van der Waals surface area contributed by atoms with Gasteiger partial charge in [-0.3, -0.25) is 0 Å².